The van der Waals surface area contributed by atoms with Crippen molar-refractivity contribution < 1.29 is 0 Å². The van der Waals surface area contributed by atoms with E-state index in [9.17, 15) is 5.26 Å². The van der Waals surface area contributed by atoms with Crippen LogP contribution in [0.25, 0.3) is 0 Å². The van der Waals surface area contributed by atoms with E-state index in [4.69, 9.17) is 11.6 Å². The first-order valence-electron chi connectivity index (χ1n) is 5.72. The third-order valence-corrected chi connectivity index (χ3v) is 3.93. The molecule has 1 aromatic heterocycles. The van der Waals surface area contributed by atoms with Crippen LogP contribution in [0.3, 0.4) is 0 Å². The molecule has 0 aliphatic rings. The lowest BCUT2D eigenvalue weighted by Gasteiger charge is -2.23. The van der Waals surface area contributed by atoms with Gasteiger partial charge in [0.25, 0.3) is 0 Å². The predicted octanol–water partition coefficient (Wildman–Crippen LogP) is 4.30. The van der Waals surface area contributed by atoms with Gasteiger partial charge >= 0.3 is 0 Å². The van der Waals surface area contributed by atoms with Crippen molar-refractivity contribution in [1.29, 1.82) is 5.26 Å². The summed E-state index contributed by atoms with van der Waals surface area (Å²) in [5.74, 6) is 0. The maximum atomic E-state index is 9.21. The zero-order valence-electron chi connectivity index (χ0n) is 10.1. The Morgan fingerprint density at radius 2 is 2.17 bits per heavy atom. The molecule has 18 heavy (non-hydrogen) atoms. The quantitative estimate of drug-likeness (QED) is 0.832. The summed E-state index contributed by atoms with van der Waals surface area (Å²) in [7, 11) is 0. The van der Waals surface area contributed by atoms with Crippen LogP contribution in [0.1, 0.15) is 17.4 Å². The van der Waals surface area contributed by atoms with Gasteiger partial charge in [0.05, 0.1) is 22.8 Å². The van der Waals surface area contributed by atoms with Crippen LogP contribution in [-0.2, 0) is 6.54 Å². The molecule has 2 aromatic rings. The topological polar surface area (TPSA) is 27.0 Å². The van der Waals surface area contributed by atoms with Crippen molar-refractivity contribution in [3.8, 4) is 6.07 Å². The molecule has 0 aliphatic carbocycles. The van der Waals surface area contributed by atoms with Gasteiger partial charge in [-0.2, -0.15) is 5.26 Å². The number of nitrogens with zero attached hydrogens (tertiary/aromatic N) is 2. The second kappa shape index (κ2) is 5.90. The summed E-state index contributed by atoms with van der Waals surface area (Å²) in [5.41, 5.74) is 1.46. The Balaban J connectivity index is 2.33. The first-order chi connectivity index (χ1) is 8.76. The van der Waals surface area contributed by atoms with E-state index in [0.717, 1.165) is 18.8 Å². The Labute approximate surface area is 116 Å². The number of thiophene rings is 1. The van der Waals surface area contributed by atoms with E-state index in [1.165, 1.54) is 4.88 Å². The minimum Gasteiger partial charge on any atom is -0.366 e. The van der Waals surface area contributed by atoms with Crippen LogP contribution in [0, 0.1) is 11.3 Å². The van der Waals surface area contributed by atoms with Crippen LogP contribution >= 0.6 is 22.9 Å². The molecule has 1 heterocycles. The van der Waals surface area contributed by atoms with E-state index in [-0.39, 0.29) is 0 Å². The van der Waals surface area contributed by atoms with E-state index in [1.54, 1.807) is 17.4 Å². The second-order valence-corrected chi connectivity index (χ2v) is 5.28. The molecule has 0 amide bonds. The van der Waals surface area contributed by atoms with Crippen LogP contribution < -0.4 is 4.90 Å². The van der Waals surface area contributed by atoms with Gasteiger partial charge in [-0.1, -0.05) is 23.7 Å². The van der Waals surface area contributed by atoms with Crippen LogP contribution in [0.2, 0.25) is 5.02 Å². The third-order valence-electron chi connectivity index (χ3n) is 2.75. The standard InChI is InChI=1S/C14H13ClN2S/c1-2-17(10-11-5-4-8-18-11)14-7-3-6-13(15)12(14)9-16/h3-8H,2,10H2,1H3. The molecule has 92 valence electrons. The summed E-state index contributed by atoms with van der Waals surface area (Å²) in [6.07, 6.45) is 0. The monoisotopic (exact) mass is 276 g/mol. The van der Waals surface area contributed by atoms with Crippen LogP contribution in [-0.4, -0.2) is 6.54 Å². The molecule has 0 bridgehead atoms. The summed E-state index contributed by atoms with van der Waals surface area (Å²) in [5, 5.41) is 11.8. The highest BCUT2D eigenvalue weighted by Gasteiger charge is 2.13. The zero-order valence-corrected chi connectivity index (χ0v) is 11.6. The summed E-state index contributed by atoms with van der Waals surface area (Å²) in [6, 6.07) is 11.9. The molecule has 0 fully saturated rings. The number of benzene rings is 1. The molecule has 0 atom stereocenters. The molecule has 0 radical (unpaired) electrons. The van der Waals surface area contributed by atoms with Gasteiger partial charge in [-0.3, -0.25) is 0 Å². The molecule has 0 saturated carbocycles. The fourth-order valence-electron chi connectivity index (χ4n) is 1.84. The highest BCUT2D eigenvalue weighted by molar-refractivity contribution is 7.09. The Morgan fingerprint density at radius 1 is 1.33 bits per heavy atom. The molecule has 4 heteroatoms. The van der Waals surface area contributed by atoms with Crippen molar-refractivity contribution in [2.75, 3.05) is 11.4 Å². The zero-order chi connectivity index (χ0) is 13.0. The molecule has 0 saturated heterocycles. The summed E-state index contributed by atoms with van der Waals surface area (Å²) < 4.78 is 0. The lowest BCUT2D eigenvalue weighted by molar-refractivity contribution is 0.841. The number of anilines is 1. The lowest BCUT2D eigenvalue weighted by atomic mass is 10.1. The van der Waals surface area contributed by atoms with Crippen molar-refractivity contribution in [3.63, 3.8) is 0 Å². The van der Waals surface area contributed by atoms with Crippen molar-refractivity contribution in [2.24, 2.45) is 0 Å². The maximum Gasteiger partial charge on any atom is 0.103 e. The van der Waals surface area contributed by atoms with Crippen molar-refractivity contribution in [3.05, 3.63) is 51.2 Å². The molecular formula is C14H13ClN2S. The Bertz CT molecular complexity index is 558. The Kier molecular flexibility index (Phi) is 4.24. The predicted molar refractivity (Wildman–Crippen MR) is 77.2 cm³/mol. The highest BCUT2D eigenvalue weighted by Crippen LogP contribution is 2.28. The van der Waals surface area contributed by atoms with Gasteiger partial charge in [-0.15, -0.1) is 11.3 Å². The molecule has 2 rings (SSSR count). The van der Waals surface area contributed by atoms with E-state index >= 15 is 0 Å². The average Bonchev–Trinajstić information content (AvgIpc) is 2.88. The molecule has 0 spiro atoms. The first kappa shape index (κ1) is 12.9. The van der Waals surface area contributed by atoms with Crippen LogP contribution in [0.5, 0.6) is 0 Å². The minimum atomic E-state index is 0.514. The largest absolute Gasteiger partial charge is 0.366 e. The van der Waals surface area contributed by atoms with Crippen LogP contribution in [0.15, 0.2) is 35.7 Å². The van der Waals surface area contributed by atoms with Crippen molar-refractivity contribution in [1.82, 2.24) is 0 Å². The maximum absolute atomic E-state index is 9.21. The van der Waals surface area contributed by atoms with Gasteiger partial charge < -0.3 is 4.90 Å². The minimum absolute atomic E-state index is 0.514. The molecular weight excluding hydrogens is 264 g/mol. The number of rotatable bonds is 4. The summed E-state index contributed by atoms with van der Waals surface area (Å²) in [6.45, 7) is 3.73. The SMILES string of the molecule is CCN(Cc1cccs1)c1cccc(Cl)c1C#N. The van der Waals surface area contributed by atoms with E-state index in [2.05, 4.69) is 29.3 Å². The van der Waals surface area contributed by atoms with Gasteiger partial charge in [-0.25, -0.2) is 0 Å². The van der Waals surface area contributed by atoms with Gasteiger partial charge in [-0.05, 0) is 30.5 Å². The number of halogens is 1. The van der Waals surface area contributed by atoms with Gasteiger partial charge in [0.2, 0.25) is 0 Å². The van der Waals surface area contributed by atoms with Gasteiger partial charge in [0, 0.05) is 11.4 Å². The van der Waals surface area contributed by atoms with Gasteiger partial charge in [0.15, 0.2) is 0 Å². The molecule has 1 aromatic carbocycles. The molecule has 2 nitrogen and oxygen atoms in total. The normalized spacial score (nSPS) is 10.1. The fraction of sp³-hybridized carbons (Fsp3) is 0.214. The van der Waals surface area contributed by atoms with E-state index in [0.29, 0.717) is 10.6 Å². The van der Waals surface area contributed by atoms with Crippen molar-refractivity contribution >= 4 is 28.6 Å². The summed E-state index contributed by atoms with van der Waals surface area (Å²) in [4.78, 5) is 3.44. The van der Waals surface area contributed by atoms with E-state index in [1.807, 2.05) is 18.2 Å². The molecule has 0 aliphatic heterocycles. The smallest absolute Gasteiger partial charge is 0.103 e. The molecule has 0 N–H and O–H groups in total. The van der Waals surface area contributed by atoms with Gasteiger partial charge in [0.1, 0.15) is 6.07 Å². The average molecular weight is 277 g/mol. The second-order valence-electron chi connectivity index (χ2n) is 3.84. The van der Waals surface area contributed by atoms with Crippen LogP contribution in [0.4, 0.5) is 5.69 Å². The fourth-order valence-corrected chi connectivity index (χ4v) is 2.78. The first-order valence-corrected chi connectivity index (χ1v) is 6.98. The summed E-state index contributed by atoms with van der Waals surface area (Å²) >= 11 is 7.79. The third kappa shape index (κ3) is 2.66. The lowest BCUT2D eigenvalue weighted by Crippen LogP contribution is -2.22. The van der Waals surface area contributed by atoms with E-state index < -0.39 is 0 Å². The molecule has 0 unspecified atom stereocenters. The number of hydrogen-bond acceptors (Lipinski definition) is 3. The highest BCUT2D eigenvalue weighted by atomic mass is 35.5. The Morgan fingerprint density at radius 3 is 2.78 bits per heavy atom. The number of hydrogen-bond donors (Lipinski definition) is 0. The van der Waals surface area contributed by atoms with Crippen molar-refractivity contribution in [2.45, 2.75) is 13.5 Å². The number of nitriles is 1. The Hall–Kier alpha value is -1.50.